The van der Waals surface area contributed by atoms with E-state index < -0.39 is 35.7 Å². The zero-order valence-electron chi connectivity index (χ0n) is 21.3. The Morgan fingerprint density at radius 3 is 2.55 bits per heavy atom. The van der Waals surface area contributed by atoms with Crippen molar-refractivity contribution in [3.63, 3.8) is 0 Å². The van der Waals surface area contributed by atoms with E-state index in [0.717, 1.165) is 16.1 Å². The van der Waals surface area contributed by atoms with Gasteiger partial charge in [0.05, 0.1) is 18.6 Å². The number of alkyl halides is 2. The molecule has 0 aliphatic rings. The molecule has 0 aromatic carbocycles. The number of rotatable bonds is 7. The SMILES string of the molecule is CC(=O)Cn1c(=O)c2c(ncn2[C@@H](C)C(=O)Nc2cccc(-c3cnc(C)c(C(C)(F)F)c3)n2)n(C)c1=O. The summed E-state index contributed by atoms with van der Waals surface area (Å²) in [6.07, 6.45) is 2.69. The normalized spacial score (nSPS) is 12.5. The van der Waals surface area contributed by atoms with Crippen molar-refractivity contribution >= 4 is 28.7 Å². The number of anilines is 1. The van der Waals surface area contributed by atoms with Gasteiger partial charge in [0, 0.05) is 37.0 Å². The number of ketones is 1. The van der Waals surface area contributed by atoms with Gasteiger partial charge in [0.1, 0.15) is 17.6 Å². The van der Waals surface area contributed by atoms with Gasteiger partial charge >= 0.3 is 5.69 Å². The van der Waals surface area contributed by atoms with Gasteiger partial charge in [-0.1, -0.05) is 6.07 Å². The maximum Gasteiger partial charge on any atom is 0.332 e. The molecule has 0 unspecified atom stereocenters. The Morgan fingerprint density at radius 1 is 1.18 bits per heavy atom. The van der Waals surface area contributed by atoms with E-state index in [4.69, 9.17) is 0 Å². The Morgan fingerprint density at radius 2 is 1.89 bits per heavy atom. The van der Waals surface area contributed by atoms with Crippen LogP contribution < -0.4 is 16.6 Å². The molecule has 4 aromatic rings. The van der Waals surface area contributed by atoms with Crippen molar-refractivity contribution < 1.29 is 18.4 Å². The molecule has 0 aliphatic carbocycles. The molecule has 38 heavy (non-hydrogen) atoms. The largest absolute Gasteiger partial charge is 0.332 e. The summed E-state index contributed by atoms with van der Waals surface area (Å²) in [5, 5.41) is 2.65. The van der Waals surface area contributed by atoms with Crippen molar-refractivity contribution in [2.24, 2.45) is 7.05 Å². The molecular formula is C25H25F2N7O4. The van der Waals surface area contributed by atoms with Crippen LogP contribution in [0.25, 0.3) is 22.4 Å². The van der Waals surface area contributed by atoms with E-state index in [1.54, 1.807) is 12.1 Å². The van der Waals surface area contributed by atoms with Gasteiger partial charge < -0.3 is 9.88 Å². The number of hydrogen-bond acceptors (Lipinski definition) is 7. The fraction of sp³-hybridized carbons (Fsp3) is 0.320. The summed E-state index contributed by atoms with van der Waals surface area (Å²) in [7, 11) is 1.41. The van der Waals surface area contributed by atoms with Gasteiger partial charge in [0.15, 0.2) is 11.2 Å². The summed E-state index contributed by atoms with van der Waals surface area (Å²) in [6, 6.07) is 5.08. The number of pyridine rings is 2. The third-order valence-corrected chi connectivity index (χ3v) is 6.09. The number of hydrogen-bond donors (Lipinski definition) is 1. The van der Waals surface area contributed by atoms with Crippen LogP contribution in [-0.4, -0.2) is 40.3 Å². The molecule has 13 heteroatoms. The first kappa shape index (κ1) is 26.5. The second-order valence-electron chi connectivity index (χ2n) is 9.08. The number of Topliss-reactive ketones (excluding diaryl/α,β-unsaturated/α-hetero) is 1. The second-order valence-corrected chi connectivity index (χ2v) is 9.08. The highest BCUT2D eigenvalue weighted by Gasteiger charge is 2.28. The fourth-order valence-corrected chi connectivity index (χ4v) is 4.08. The minimum Gasteiger partial charge on any atom is -0.312 e. The number of imidazole rings is 1. The standard InChI is InChI=1S/C25H25F2N7O4/c1-13(35)11-33-23(37)20-21(32(5)24(33)38)29-12-34(20)15(3)22(36)31-19-8-6-7-18(30-19)16-9-17(25(4,26)27)14(2)28-10-16/h6-10,12,15H,11H2,1-5H3,(H,30,31,36)/t15-/m0/s1. The third kappa shape index (κ3) is 4.86. The average Bonchev–Trinajstić information content (AvgIpc) is 3.30. The molecule has 0 bridgehead atoms. The number of aryl methyl sites for hydroxylation is 2. The number of fused-ring (bicyclic) bond motifs is 1. The van der Waals surface area contributed by atoms with E-state index in [1.165, 1.54) is 57.0 Å². The van der Waals surface area contributed by atoms with Gasteiger partial charge in [-0.05, 0) is 39.0 Å². The maximum absolute atomic E-state index is 14.0. The highest BCUT2D eigenvalue weighted by Crippen LogP contribution is 2.31. The Balaban J connectivity index is 1.66. The van der Waals surface area contributed by atoms with Gasteiger partial charge in [0.25, 0.3) is 11.5 Å². The number of nitrogens with zero attached hydrogens (tertiary/aromatic N) is 6. The number of halogens is 2. The molecule has 0 aliphatic heterocycles. The van der Waals surface area contributed by atoms with Gasteiger partial charge in [-0.3, -0.25) is 28.5 Å². The summed E-state index contributed by atoms with van der Waals surface area (Å²) in [6.45, 7) is 4.66. The molecule has 11 nitrogen and oxygen atoms in total. The van der Waals surface area contributed by atoms with Crippen molar-refractivity contribution in [3.05, 3.63) is 68.9 Å². The smallest absolute Gasteiger partial charge is 0.312 e. The number of carbonyl (C=O) groups is 2. The Hall–Kier alpha value is -4.55. The topological polar surface area (TPSA) is 134 Å². The van der Waals surface area contributed by atoms with Gasteiger partial charge in [-0.2, -0.15) is 0 Å². The summed E-state index contributed by atoms with van der Waals surface area (Å²) in [5.41, 5.74) is -0.746. The molecule has 4 rings (SSSR count). The van der Waals surface area contributed by atoms with Crippen LogP contribution in [0, 0.1) is 6.92 Å². The number of nitrogens with one attached hydrogen (secondary N) is 1. The predicted molar refractivity (Wildman–Crippen MR) is 135 cm³/mol. The predicted octanol–water partition coefficient (Wildman–Crippen LogP) is 2.56. The van der Waals surface area contributed by atoms with Crippen LogP contribution in [0.3, 0.4) is 0 Å². The summed E-state index contributed by atoms with van der Waals surface area (Å²) in [4.78, 5) is 62.8. The molecule has 0 saturated carbocycles. The molecule has 1 amide bonds. The first-order valence-electron chi connectivity index (χ1n) is 11.6. The van der Waals surface area contributed by atoms with E-state index in [0.29, 0.717) is 11.3 Å². The summed E-state index contributed by atoms with van der Waals surface area (Å²) < 4.78 is 31.2. The molecule has 4 aromatic heterocycles. The Kier molecular flexibility index (Phi) is 6.78. The maximum atomic E-state index is 14.0. The molecule has 4 heterocycles. The van der Waals surface area contributed by atoms with E-state index >= 15 is 0 Å². The first-order chi connectivity index (χ1) is 17.8. The number of amides is 1. The second kappa shape index (κ2) is 9.72. The fourth-order valence-electron chi connectivity index (χ4n) is 4.08. The lowest BCUT2D eigenvalue weighted by Crippen LogP contribution is -2.41. The molecule has 0 saturated heterocycles. The molecule has 0 spiro atoms. The van der Waals surface area contributed by atoms with E-state index in [9.17, 15) is 28.0 Å². The zero-order chi connectivity index (χ0) is 27.9. The highest BCUT2D eigenvalue weighted by molar-refractivity contribution is 5.93. The first-order valence-corrected chi connectivity index (χ1v) is 11.6. The quantitative estimate of drug-likeness (QED) is 0.392. The molecular weight excluding hydrogens is 500 g/mol. The number of aromatic nitrogens is 6. The van der Waals surface area contributed by atoms with Crippen LogP contribution in [0.1, 0.15) is 38.1 Å². The van der Waals surface area contributed by atoms with Gasteiger partial charge in [-0.15, -0.1) is 0 Å². The van der Waals surface area contributed by atoms with Crippen molar-refractivity contribution in [3.8, 4) is 11.3 Å². The Bertz CT molecular complexity index is 1700. The molecule has 1 atom stereocenters. The number of carbonyl (C=O) groups excluding carboxylic acids is 2. The highest BCUT2D eigenvalue weighted by atomic mass is 19.3. The van der Waals surface area contributed by atoms with E-state index in [2.05, 4.69) is 20.3 Å². The lowest BCUT2D eigenvalue weighted by molar-refractivity contribution is -0.119. The average molecular weight is 526 g/mol. The molecule has 0 radical (unpaired) electrons. The van der Waals surface area contributed by atoms with Crippen molar-refractivity contribution in [1.29, 1.82) is 0 Å². The van der Waals surface area contributed by atoms with E-state index in [1.807, 2.05) is 0 Å². The lowest BCUT2D eigenvalue weighted by Gasteiger charge is -2.16. The third-order valence-electron chi connectivity index (χ3n) is 6.09. The minimum atomic E-state index is -3.09. The lowest BCUT2D eigenvalue weighted by atomic mass is 10.0. The molecule has 0 fully saturated rings. The Labute approximate surface area is 214 Å². The summed E-state index contributed by atoms with van der Waals surface area (Å²) >= 11 is 0. The van der Waals surface area contributed by atoms with Crippen LogP contribution in [0.4, 0.5) is 14.6 Å². The van der Waals surface area contributed by atoms with Gasteiger partial charge in [0.2, 0.25) is 5.91 Å². The zero-order valence-corrected chi connectivity index (χ0v) is 21.3. The van der Waals surface area contributed by atoms with E-state index in [-0.39, 0.29) is 34.0 Å². The van der Waals surface area contributed by atoms with Crippen molar-refractivity contribution in [1.82, 2.24) is 28.7 Å². The van der Waals surface area contributed by atoms with Crippen molar-refractivity contribution in [2.45, 2.75) is 46.2 Å². The molecule has 198 valence electrons. The van der Waals surface area contributed by atoms with Crippen LogP contribution in [0.2, 0.25) is 0 Å². The molecule has 1 N–H and O–H groups in total. The summed E-state index contributed by atoms with van der Waals surface area (Å²) in [5.74, 6) is -3.88. The monoisotopic (exact) mass is 525 g/mol. The minimum absolute atomic E-state index is 0.0172. The van der Waals surface area contributed by atoms with Crippen molar-refractivity contribution in [2.75, 3.05) is 5.32 Å². The van der Waals surface area contributed by atoms with Crippen LogP contribution >= 0.6 is 0 Å². The van der Waals surface area contributed by atoms with Gasteiger partial charge in [-0.25, -0.2) is 23.5 Å². The van der Waals surface area contributed by atoms with Crippen LogP contribution in [0.5, 0.6) is 0 Å². The van der Waals surface area contributed by atoms with Crippen LogP contribution in [0.15, 0.2) is 46.4 Å². The van der Waals surface area contributed by atoms with Crippen LogP contribution in [-0.2, 0) is 29.1 Å².